The minimum absolute atomic E-state index is 0.0539. The van der Waals surface area contributed by atoms with Gasteiger partial charge < -0.3 is 15.1 Å². The molecule has 0 aliphatic carbocycles. The first-order chi connectivity index (χ1) is 10.8. The molecule has 2 heterocycles. The summed E-state index contributed by atoms with van der Waals surface area (Å²) in [6.07, 6.45) is 0.772. The van der Waals surface area contributed by atoms with Gasteiger partial charge in [-0.1, -0.05) is 0 Å². The first-order valence-electron chi connectivity index (χ1n) is 7.91. The van der Waals surface area contributed by atoms with Crippen LogP contribution >= 0.6 is 11.3 Å². The maximum atomic E-state index is 12.5. The fraction of sp³-hybridized carbons (Fsp3) is 0.688. The third-order valence-electron chi connectivity index (χ3n) is 4.43. The monoisotopic (exact) mass is 357 g/mol. The molecule has 0 bridgehead atoms. The van der Waals surface area contributed by atoms with Gasteiger partial charge in [0.1, 0.15) is 0 Å². The zero-order valence-electron chi connectivity index (χ0n) is 14.4. The van der Waals surface area contributed by atoms with Gasteiger partial charge in [-0.3, -0.25) is 4.21 Å². The highest BCUT2D eigenvalue weighted by molar-refractivity contribution is 7.86. The highest BCUT2D eigenvalue weighted by atomic mass is 32.2. The molecule has 2 rings (SSSR count). The molecule has 2 amide bonds. The smallest absolute Gasteiger partial charge is 0.317 e. The lowest BCUT2D eigenvalue weighted by Crippen LogP contribution is -2.44. The van der Waals surface area contributed by atoms with Gasteiger partial charge in [-0.2, -0.15) is 11.3 Å². The van der Waals surface area contributed by atoms with E-state index in [0.717, 1.165) is 6.42 Å². The number of amides is 2. The zero-order chi connectivity index (χ0) is 17.0. The molecule has 1 aliphatic rings. The Morgan fingerprint density at radius 3 is 2.83 bits per heavy atom. The van der Waals surface area contributed by atoms with E-state index in [1.54, 1.807) is 16.2 Å². The second kappa shape index (κ2) is 7.77. The molecular formula is C16H27N3O2S2. The Balaban J connectivity index is 1.92. The van der Waals surface area contributed by atoms with E-state index >= 15 is 0 Å². The molecule has 1 aromatic rings. The number of nitrogens with zero attached hydrogens (tertiary/aromatic N) is 2. The van der Waals surface area contributed by atoms with Crippen LogP contribution in [0.2, 0.25) is 0 Å². The molecule has 7 heteroatoms. The largest absolute Gasteiger partial charge is 0.336 e. The van der Waals surface area contributed by atoms with Crippen LogP contribution in [0.25, 0.3) is 0 Å². The maximum absolute atomic E-state index is 12.5. The molecule has 23 heavy (non-hydrogen) atoms. The molecule has 1 N–H and O–H groups in total. The molecule has 130 valence electrons. The number of carbonyl (C=O) groups excluding carboxylic acids is 1. The van der Waals surface area contributed by atoms with Crippen LogP contribution < -0.4 is 5.32 Å². The molecule has 0 aromatic carbocycles. The molecule has 1 aromatic heterocycles. The van der Waals surface area contributed by atoms with Gasteiger partial charge in [0, 0.05) is 40.9 Å². The lowest BCUT2D eigenvalue weighted by molar-refractivity contribution is 0.194. The van der Waals surface area contributed by atoms with Gasteiger partial charge in [0.15, 0.2) is 0 Å². The summed E-state index contributed by atoms with van der Waals surface area (Å²) >= 11 is 1.67. The van der Waals surface area contributed by atoms with Crippen LogP contribution in [-0.2, 0) is 10.8 Å². The fourth-order valence-corrected chi connectivity index (χ4v) is 4.63. The van der Waals surface area contributed by atoms with Crippen LogP contribution in [0.4, 0.5) is 4.79 Å². The highest BCUT2D eigenvalue weighted by Crippen LogP contribution is 2.22. The summed E-state index contributed by atoms with van der Waals surface area (Å²) < 4.78 is 12.0. The van der Waals surface area contributed by atoms with Crippen molar-refractivity contribution >= 4 is 28.2 Å². The van der Waals surface area contributed by atoms with E-state index < -0.39 is 10.8 Å². The van der Waals surface area contributed by atoms with E-state index in [9.17, 15) is 9.00 Å². The van der Waals surface area contributed by atoms with E-state index in [1.807, 2.05) is 27.9 Å². The fourth-order valence-electron chi connectivity index (χ4n) is 2.66. The summed E-state index contributed by atoms with van der Waals surface area (Å²) in [6.45, 7) is 5.83. The molecule has 0 radical (unpaired) electrons. The van der Waals surface area contributed by atoms with Crippen LogP contribution in [0.3, 0.4) is 0 Å². The van der Waals surface area contributed by atoms with Gasteiger partial charge >= 0.3 is 6.03 Å². The van der Waals surface area contributed by atoms with Crippen molar-refractivity contribution in [1.82, 2.24) is 15.1 Å². The quantitative estimate of drug-likeness (QED) is 0.899. The van der Waals surface area contributed by atoms with Crippen LogP contribution in [-0.4, -0.2) is 64.3 Å². The molecule has 5 nitrogen and oxygen atoms in total. The van der Waals surface area contributed by atoms with Crippen LogP contribution in [0, 0.1) is 0 Å². The predicted octanol–water partition coefficient (Wildman–Crippen LogP) is 2.29. The molecule has 0 spiro atoms. The molecule has 2 unspecified atom stereocenters. The van der Waals surface area contributed by atoms with Gasteiger partial charge in [0.05, 0.1) is 6.04 Å². The zero-order valence-corrected chi connectivity index (χ0v) is 16.0. The third kappa shape index (κ3) is 4.78. The second-order valence-electron chi connectivity index (χ2n) is 6.77. The Bertz CT molecular complexity index is 544. The molecular weight excluding hydrogens is 330 g/mol. The van der Waals surface area contributed by atoms with E-state index in [2.05, 4.69) is 27.0 Å². The number of likely N-dealkylation sites (N-methyl/N-ethyl adjacent to an activating group) is 1. The van der Waals surface area contributed by atoms with E-state index in [-0.39, 0.29) is 16.8 Å². The molecule has 2 atom stereocenters. The second-order valence-corrected chi connectivity index (χ2v) is 9.75. The van der Waals surface area contributed by atoms with Crippen molar-refractivity contribution in [2.75, 3.05) is 39.5 Å². The molecule has 1 aliphatic heterocycles. The van der Waals surface area contributed by atoms with Gasteiger partial charge in [-0.15, -0.1) is 0 Å². The standard InChI is InChI=1S/C16H27N3O2S2/c1-16(2)6-7-19(8-10-23(16)21)15(20)17-11-14(18(3)4)13-5-9-22-12-13/h5,9,12,14H,6-8,10-11H2,1-4H3,(H,17,20). The maximum Gasteiger partial charge on any atom is 0.317 e. The van der Waals surface area contributed by atoms with E-state index in [1.165, 1.54) is 5.56 Å². The topological polar surface area (TPSA) is 52.7 Å². The summed E-state index contributed by atoms with van der Waals surface area (Å²) in [6, 6.07) is 2.21. The van der Waals surface area contributed by atoms with Crippen LogP contribution in [0.15, 0.2) is 16.8 Å². The summed E-state index contributed by atoms with van der Waals surface area (Å²) in [7, 11) is 3.16. The van der Waals surface area contributed by atoms with Gasteiger partial charge in [-0.25, -0.2) is 4.79 Å². The summed E-state index contributed by atoms with van der Waals surface area (Å²) in [4.78, 5) is 16.4. The molecule has 1 saturated heterocycles. The Morgan fingerprint density at radius 1 is 1.48 bits per heavy atom. The normalized spacial score (nSPS) is 22.7. The SMILES string of the molecule is CN(C)C(CNC(=O)N1CCS(=O)C(C)(C)CC1)c1ccsc1. The first-order valence-corrected chi connectivity index (χ1v) is 10.2. The third-order valence-corrected chi connectivity index (χ3v) is 7.12. The van der Waals surface area contributed by atoms with Gasteiger partial charge in [-0.05, 0) is 56.8 Å². The number of nitrogens with one attached hydrogen (secondary N) is 1. The Labute approximate surface area is 145 Å². The van der Waals surface area contributed by atoms with Crippen LogP contribution in [0.1, 0.15) is 31.9 Å². The minimum atomic E-state index is -0.878. The number of hydrogen-bond acceptors (Lipinski definition) is 4. The summed E-state index contributed by atoms with van der Waals surface area (Å²) in [5.74, 6) is 0.558. The van der Waals surface area contributed by atoms with Crippen molar-refractivity contribution in [3.05, 3.63) is 22.4 Å². The lowest BCUT2D eigenvalue weighted by atomic mass is 10.1. The lowest BCUT2D eigenvalue weighted by Gasteiger charge is -2.27. The Kier molecular flexibility index (Phi) is 6.22. The van der Waals surface area contributed by atoms with Crippen molar-refractivity contribution in [2.45, 2.75) is 31.1 Å². The van der Waals surface area contributed by atoms with Gasteiger partial charge in [0.25, 0.3) is 0 Å². The van der Waals surface area contributed by atoms with Crippen LogP contribution in [0.5, 0.6) is 0 Å². The summed E-state index contributed by atoms with van der Waals surface area (Å²) in [5.41, 5.74) is 1.22. The number of urea groups is 1. The Hall–Kier alpha value is -0.920. The van der Waals surface area contributed by atoms with Gasteiger partial charge in [0.2, 0.25) is 0 Å². The van der Waals surface area contributed by atoms with E-state index in [0.29, 0.717) is 25.4 Å². The first kappa shape index (κ1) is 18.4. The molecule has 1 fully saturated rings. The molecule has 0 saturated carbocycles. The van der Waals surface area contributed by atoms with Crippen molar-refractivity contribution in [2.24, 2.45) is 0 Å². The number of rotatable bonds is 4. The van der Waals surface area contributed by atoms with Crippen molar-refractivity contribution in [3.8, 4) is 0 Å². The number of hydrogen-bond donors (Lipinski definition) is 1. The Morgan fingerprint density at radius 2 is 2.22 bits per heavy atom. The average molecular weight is 358 g/mol. The van der Waals surface area contributed by atoms with Crippen molar-refractivity contribution < 1.29 is 9.00 Å². The van der Waals surface area contributed by atoms with Crippen molar-refractivity contribution in [3.63, 3.8) is 0 Å². The van der Waals surface area contributed by atoms with E-state index in [4.69, 9.17) is 0 Å². The number of thiophene rings is 1. The average Bonchev–Trinajstić information content (AvgIpc) is 2.96. The predicted molar refractivity (Wildman–Crippen MR) is 97.4 cm³/mol. The summed E-state index contributed by atoms with van der Waals surface area (Å²) in [5, 5.41) is 7.22. The van der Waals surface area contributed by atoms with Crippen molar-refractivity contribution in [1.29, 1.82) is 0 Å². The number of carbonyl (C=O) groups is 1. The highest BCUT2D eigenvalue weighted by Gasteiger charge is 2.31. The minimum Gasteiger partial charge on any atom is -0.336 e.